The van der Waals surface area contributed by atoms with Crippen LogP contribution in [-0.2, 0) is 17.8 Å². The second-order valence-corrected chi connectivity index (χ2v) is 8.55. The Labute approximate surface area is 186 Å². The van der Waals surface area contributed by atoms with Gasteiger partial charge in [-0.2, -0.15) is 0 Å². The summed E-state index contributed by atoms with van der Waals surface area (Å²) in [5.41, 5.74) is 6.18. The van der Waals surface area contributed by atoms with E-state index in [0.29, 0.717) is 18.7 Å². The van der Waals surface area contributed by atoms with E-state index in [1.807, 2.05) is 65.7 Å². The molecule has 5 nitrogen and oxygen atoms in total. The third-order valence-corrected chi connectivity index (χ3v) is 6.76. The van der Waals surface area contributed by atoms with Gasteiger partial charge in [-0.15, -0.1) is 0 Å². The van der Waals surface area contributed by atoms with Crippen molar-refractivity contribution in [3.05, 3.63) is 107 Å². The van der Waals surface area contributed by atoms with Gasteiger partial charge in [0.05, 0.1) is 6.04 Å². The van der Waals surface area contributed by atoms with Crippen molar-refractivity contribution in [2.24, 2.45) is 0 Å². The minimum Gasteiger partial charge on any atom is -0.361 e. The molecular weight excluding hydrogens is 398 g/mol. The van der Waals surface area contributed by atoms with Gasteiger partial charge >= 0.3 is 0 Å². The average molecular weight is 422 g/mol. The Kier molecular flexibility index (Phi) is 4.35. The van der Waals surface area contributed by atoms with Crippen LogP contribution in [0.4, 0.5) is 0 Å². The third-order valence-electron chi connectivity index (χ3n) is 6.76. The summed E-state index contributed by atoms with van der Waals surface area (Å²) in [5, 5.41) is 1.08. The molecule has 3 heterocycles. The molecule has 0 aliphatic carbocycles. The molecule has 1 N–H and O–H groups in total. The first-order valence-corrected chi connectivity index (χ1v) is 11.0. The first-order chi connectivity index (χ1) is 15.7. The Morgan fingerprint density at radius 1 is 0.906 bits per heavy atom. The minimum absolute atomic E-state index is 0.00880. The number of H-pyrrole nitrogens is 1. The van der Waals surface area contributed by atoms with E-state index in [4.69, 9.17) is 0 Å². The maximum Gasteiger partial charge on any atom is 0.255 e. The van der Waals surface area contributed by atoms with E-state index in [2.05, 4.69) is 23.2 Å². The summed E-state index contributed by atoms with van der Waals surface area (Å²) in [6.45, 7) is 1.35. The number of aromatic nitrogens is 1. The van der Waals surface area contributed by atoms with Gasteiger partial charge in [-0.25, -0.2) is 0 Å². The van der Waals surface area contributed by atoms with Crippen molar-refractivity contribution in [2.75, 3.05) is 13.1 Å². The fourth-order valence-electron chi connectivity index (χ4n) is 5.14. The maximum atomic E-state index is 13.4. The zero-order valence-electron chi connectivity index (χ0n) is 17.6. The van der Waals surface area contributed by atoms with Crippen LogP contribution in [0.25, 0.3) is 10.9 Å². The molecule has 1 aromatic heterocycles. The lowest BCUT2D eigenvalue weighted by Gasteiger charge is -2.32. The molecule has 0 spiro atoms. The molecule has 1 atom stereocenters. The maximum absolute atomic E-state index is 13.4. The van der Waals surface area contributed by atoms with E-state index >= 15 is 0 Å². The molecule has 0 fully saturated rings. The van der Waals surface area contributed by atoms with Gasteiger partial charge in [0.2, 0.25) is 5.91 Å². The molecule has 2 aliphatic heterocycles. The highest BCUT2D eigenvalue weighted by Gasteiger charge is 2.40. The lowest BCUT2D eigenvalue weighted by Crippen LogP contribution is -2.44. The molecule has 158 valence electrons. The van der Waals surface area contributed by atoms with Crippen molar-refractivity contribution < 1.29 is 9.59 Å². The second-order valence-electron chi connectivity index (χ2n) is 8.55. The molecular formula is C27H23N3O2. The van der Waals surface area contributed by atoms with E-state index in [0.717, 1.165) is 28.5 Å². The minimum atomic E-state index is -0.282. The van der Waals surface area contributed by atoms with Gasteiger partial charge in [0, 0.05) is 41.3 Å². The Bertz CT molecular complexity index is 1360. The van der Waals surface area contributed by atoms with Crippen LogP contribution >= 0.6 is 0 Å². The van der Waals surface area contributed by atoms with Gasteiger partial charge in [0.1, 0.15) is 6.54 Å². The van der Waals surface area contributed by atoms with Gasteiger partial charge < -0.3 is 14.8 Å². The van der Waals surface area contributed by atoms with Gasteiger partial charge in [-0.1, -0.05) is 60.7 Å². The summed E-state index contributed by atoms with van der Waals surface area (Å²) in [7, 11) is 0. The Morgan fingerprint density at radius 2 is 1.66 bits per heavy atom. The third kappa shape index (κ3) is 2.93. The smallest absolute Gasteiger partial charge is 0.255 e. The van der Waals surface area contributed by atoms with Crippen LogP contribution in [0.2, 0.25) is 0 Å². The molecule has 3 aromatic carbocycles. The van der Waals surface area contributed by atoms with Crippen molar-refractivity contribution in [2.45, 2.75) is 19.0 Å². The molecule has 32 heavy (non-hydrogen) atoms. The lowest BCUT2D eigenvalue weighted by atomic mass is 9.97. The number of hydrogen-bond donors (Lipinski definition) is 1. The molecule has 0 radical (unpaired) electrons. The van der Waals surface area contributed by atoms with Crippen LogP contribution in [0.5, 0.6) is 0 Å². The first-order valence-electron chi connectivity index (χ1n) is 11.0. The monoisotopic (exact) mass is 421 g/mol. The zero-order chi connectivity index (χ0) is 21.7. The van der Waals surface area contributed by atoms with Crippen molar-refractivity contribution in [1.82, 2.24) is 14.8 Å². The molecule has 0 saturated heterocycles. The van der Waals surface area contributed by atoms with Crippen molar-refractivity contribution in [3.63, 3.8) is 0 Å². The predicted octanol–water partition coefficient (Wildman–Crippen LogP) is 4.30. The number of fused-ring (bicyclic) bond motifs is 3. The topological polar surface area (TPSA) is 56.4 Å². The van der Waals surface area contributed by atoms with E-state index in [9.17, 15) is 9.59 Å². The number of nitrogens with one attached hydrogen (secondary N) is 1. The highest BCUT2D eigenvalue weighted by molar-refractivity contribution is 6.02. The largest absolute Gasteiger partial charge is 0.361 e. The molecule has 2 aliphatic rings. The van der Waals surface area contributed by atoms with E-state index in [-0.39, 0.29) is 24.4 Å². The SMILES string of the molecule is O=C(CN1C(=O)c2ccccc2[C@@H]1c1c[nH]c2ccccc12)N1CCc2ccccc2C1. The summed E-state index contributed by atoms with van der Waals surface area (Å²) in [5.74, 6) is -0.0906. The van der Waals surface area contributed by atoms with Crippen LogP contribution in [0.1, 0.15) is 38.7 Å². The number of benzene rings is 3. The van der Waals surface area contributed by atoms with E-state index < -0.39 is 0 Å². The average Bonchev–Trinajstić information content (AvgIpc) is 3.38. The number of para-hydroxylation sites is 1. The summed E-state index contributed by atoms with van der Waals surface area (Å²) in [6, 6.07) is 23.8. The van der Waals surface area contributed by atoms with Crippen LogP contribution in [-0.4, -0.2) is 39.7 Å². The first kappa shape index (κ1) is 18.9. The molecule has 5 heteroatoms. The Morgan fingerprint density at radius 3 is 2.56 bits per heavy atom. The van der Waals surface area contributed by atoms with Crippen LogP contribution in [0.3, 0.4) is 0 Å². The van der Waals surface area contributed by atoms with Crippen LogP contribution in [0.15, 0.2) is 79.0 Å². The number of aromatic amines is 1. The van der Waals surface area contributed by atoms with Crippen molar-refractivity contribution in [3.8, 4) is 0 Å². The summed E-state index contributed by atoms with van der Waals surface area (Å²) < 4.78 is 0. The van der Waals surface area contributed by atoms with Gasteiger partial charge in [-0.05, 0) is 35.2 Å². The number of nitrogens with zero attached hydrogens (tertiary/aromatic N) is 2. The molecule has 0 bridgehead atoms. The Hall–Kier alpha value is -3.86. The van der Waals surface area contributed by atoms with Gasteiger partial charge in [0.25, 0.3) is 5.91 Å². The lowest BCUT2D eigenvalue weighted by molar-refractivity contribution is -0.133. The number of amides is 2. The van der Waals surface area contributed by atoms with Gasteiger partial charge in [0.15, 0.2) is 0 Å². The summed E-state index contributed by atoms with van der Waals surface area (Å²) >= 11 is 0. The molecule has 0 unspecified atom stereocenters. The van der Waals surface area contributed by atoms with E-state index in [1.54, 1.807) is 4.90 Å². The fraction of sp³-hybridized carbons (Fsp3) is 0.185. The normalized spacial score (nSPS) is 17.5. The highest BCUT2D eigenvalue weighted by atomic mass is 16.2. The predicted molar refractivity (Wildman–Crippen MR) is 123 cm³/mol. The number of carbonyl (C=O) groups excluding carboxylic acids is 2. The second kappa shape index (κ2) is 7.38. The van der Waals surface area contributed by atoms with Crippen molar-refractivity contribution >= 4 is 22.7 Å². The number of carbonyl (C=O) groups is 2. The molecule has 0 saturated carbocycles. The number of rotatable bonds is 3. The highest BCUT2D eigenvalue weighted by Crippen LogP contribution is 2.41. The summed E-state index contributed by atoms with van der Waals surface area (Å²) in [6.07, 6.45) is 2.82. The van der Waals surface area contributed by atoms with Crippen molar-refractivity contribution in [1.29, 1.82) is 0 Å². The molecule has 6 rings (SSSR count). The van der Waals surface area contributed by atoms with Crippen LogP contribution in [0, 0.1) is 0 Å². The van der Waals surface area contributed by atoms with Crippen LogP contribution < -0.4 is 0 Å². The quantitative estimate of drug-likeness (QED) is 0.536. The number of hydrogen-bond acceptors (Lipinski definition) is 2. The molecule has 2 amide bonds. The fourth-order valence-corrected chi connectivity index (χ4v) is 5.14. The van der Waals surface area contributed by atoms with Gasteiger partial charge in [-0.3, -0.25) is 9.59 Å². The standard InChI is InChI=1S/C27H23N3O2/c31-25(29-14-13-18-7-1-2-8-19(18)16-29)17-30-26(21-10-3-4-11-22(21)27(30)32)23-15-28-24-12-6-5-9-20(23)24/h1-12,15,26,28H,13-14,16-17H2/t26-/m1/s1. The Balaban J connectivity index is 1.35. The zero-order valence-corrected chi connectivity index (χ0v) is 17.6. The summed E-state index contributed by atoms with van der Waals surface area (Å²) in [4.78, 5) is 33.7. The molecule has 4 aromatic rings. The van der Waals surface area contributed by atoms with E-state index in [1.165, 1.54) is 11.1 Å².